The van der Waals surface area contributed by atoms with Gasteiger partial charge in [0.15, 0.2) is 0 Å². The van der Waals surface area contributed by atoms with Crippen molar-refractivity contribution in [2.24, 2.45) is 5.92 Å². The number of benzene rings is 1. The molecule has 1 saturated heterocycles. The maximum atomic E-state index is 13.3. The summed E-state index contributed by atoms with van der Waals surface area (Å²) in [4.78, 5) is 13.0. The number of hydrogen-bond acceptors (Lipinski definition) is 2. The van der Waals surface area contributed by atoms with Crippen molar-refractivity contribution in [3.05, 3.63) is 29.6 Å². The first-order valence-electron chi connectivity index (χ1n) is 5.85. The van der Waals surface area contributed by atoms with Crippen molar-refractivity contribution in [2.75, 3.05) is 18.0 Å². The van der Waals surface area contributed by atoms with E-state index in [-0.39, 0.29) is 5.56 Å². The normalized spacial score (nSPS) is 17.2. The molecule has 0 spiro atoms. The predicted octanol–water partition coefficient (Wildman–Crippen LogP) is 2.76. The summed E-state index contributed by atoms with van der Waals surface area (Å²) in [6.07, 6.45) is 2.19. The zero-order valence-electron chi connectivity index (χ0n) is 9.82. The number of piperidine rings is 1. The lowest BCUT2D eigenvalue weighted by molar-refractivity contribution is 0.0692. The zero-order chi connectivity index (χ0) is 12.4. The Hall–Kier alpha value is -1.58. The van der Waals surface area contributed by atoms with Crippen molar-refractivity contribution >= 4 is 11.7 Å². The molecule has 2 rings (SSSR count). The van der Waals surface area contributed by atoms with Crippen LogP contribution in [0.5, 0.6) is 0 Å². The fraction of sp³-hybridized carbons (Fsp3) is 0.462. The van der Waals surface area contributed by atoms with Gasteiger partial charge >= 0.3 is 5.97 Å². The quantitative estimate of drug-likeness (QED) is 0.859. The summed E-state index contributed by atoms with van der Waals surface area (Å²) in [6.45, 7) is 4.03. The van der Waals surface area contributed by atoms with E-state index in [1.807, 2.05) is 0 Å². The zero-order valence-corrected chi connectivity index (χ0v) is 9.82. The minimum absolute atomic E-state index is 0.249. The maximum absolute atomic E-state index is 13.3. The maximum Gasteiger partial charge on any atom is 0.338 e. The first kappa shape index (κ1) is 11.9. The van der Waals surface area contributed by atoms with Crippen LogP contribution in [0.25, 0.3) is 0 Å². The van der Waals surface area contributed by atoms with Gasteiger partial charge in [0.05, 0.1) is 5.56 Å². The van der Waals surface area contributed by atoms with Gasteiger partial charge in [-0.2, -0.15) is 0 Å². The molecule has 0 bridgehead atoms. The fourth-order valence-electron chi connectivity index (χ4n) is 2.14. The second-order valence-electron chi connectivity index (χ2n) is 4.64. The van der Waals surface area contributed by atoms with Gasteiger partial charge in [0, 0.05) is 18.8 Å². The largest absolute Gasteiger partial charge is 0.478 e. The van der Waals surface area contributed by atoms with Crippen LogP contribution in [-0.4, -0.2) is 24.2 Å². The second kappa shape index (κ2) is 4.73. The molecule has 3 nitrogen and oxygen atoms in total. The van der Waals surface area contributed by atoms with Crippen LogP contribution in [0.4, 0.5) is 10.1 Å². The van der Waals surface area contributed by atoms with Gasteiger partial charge in [0.1, 0.15) is 5.82 Å². The molecule has 1 fully saturated rings. The van der Waals surface area contributed by atoms with E-state index in [4.69, 9.17) is 5.11 Å². The summed E-state index contributed by atoms with van der Waals surface area (Å²) >= 11 is 0. The Labute approximate surface area is 99.9 Å². The first-order chi connectivity index (χ1) is 8.08. The number of aromatic carboxylic acids is 1. The molecule has 0 atom stereocenters. The predicted molar refractivity (Wildman–Crippen MR) is 64.0 cm³/mol. The fourth-order valence-corrected chi connectivity index (χ4v) is 2.14. The molecule has 0 aliphatic carbocycles. The molecule has 0 aromatic heterocycles. The summed E-state index contributed by atoms with van der Waals surface area (Å²) in [5.41, 5.74) is 0.553. The van der Waals surface area contributed by atoms with Gasteiger partial charge < -0.3 is 10.0 Å². The Kier molecular flexibility index (Phi) is 3.31. The number of halogens is 1. The third-order valence-corrected chi connectivity index (χ3v) is 3.33. The third kappa shape index (κ3) is 2.57. The lowest BCUT2D eigenvalue weighted by atomic mass is 9.98. The summed E-state index contributed by atoms with van der Waals surface area (Å²) in [5, 5.41) is 8.87. The van der Waals surface area contributed by atoms with E-state index in [1.165, 1.54) is 12.1 Å². The minimum atomic E-state index is -1.21. The second-order valence-corrected chi connectivity index (χ2v) is 4.64. The van der Waals surface area contributed by atoms with Crippen molar-refractivity contribution in [2.45, 2.75) is 19.8 Å². The summed E-state index contributed by atoms with van der Waals surface area (Å²) in [5.74, 6) is -1.17. The van der Waals surface area contributed by atoms with Gasteiger partial charge in [0.2, 0.25) is 0 Å². The average molecular weight is 237 g/mol. The van der Waals surface area contributed by atoms with Crippen molar-refractivity contribution < 1.29 is 14.3 Å². The number of carboxylic acid groups (broad SMARTS) is 1. The third-order valence-electron chi connectivity index (χ3n) is 3.33. The van der Waals surface area contributed by atoms with Crippen LogP contribution in [0.1, 0.15) is 30.1 Å². The van der Waals surface area contributed by atoms with Crippen molar-refractivity contribution in [3.63, 3.8) is 0 Å². The molecule has 1 aliphatic heterocycles. The van der Waals surface area contributed by atoms with Crippen LogP contribution in [0.15, 0.2) is 18.2 Å². The number of nitrogens with zero attached hydrogens (tertiary/aromatic N) is 1. The monoisotopic (exact) mass is 237 g/mol. The number of rotatable bonds is 2. The molecule has 17 heavy (non-hydrogen) atoms. The molecular weight excluding hydrogens is 221 g/mol. The molecule has 92 valence electrons. The van der Waals surface area contributed by atoms with E-state index >= 15 is 0 Å². The van der Waals surface area contributed by atoms with Crippen LogP contribution >= 0.6 is 0 Å². The Bertz CT molecular complexity index is 425. The summed E-state index contributed by atoms with van der Waals surface area (Å²) < 4.78 is 13.3. The molecule has 1 N–H and O–H groups in total. The standard InChI is InChI=1S/C13H16FNO2/c1-9-4-6-15(7-5-9)10-2-3-12(14)11(8-10)13(16)17/h2-3,8-9H,4-7H2,1H3,(H,16,17). The van der Waals surface area contributed by atoms with E-state index in [0.29, 0.717) is 5.92 Å². The Balaban J connectivity index is 2.21. The number of carbonyl (C=O) groups is 1. The van der Waals surface area contributed by atoms with E-state index < -0.39 is 11.8 Å². The van der Waals surface area contributed by atoms with Crippen molar-refractivity contribution in [1.29, 1.82) is 0 Å². The van der Waals surface area contributed by atoms with Crippen molar-refractivity contribution in [3.8, 4) is 0 Å². The van der Waals surface area contributed by atoms with E-state index in [9.17, 15) is 9.18 Å². The highest BCUT2D eigenvalue weighted by Gasteiger charge is 2.18. The van der Waals surface area contributed by atoms with Crippen molar-refractivity contribution in [1.82, 2.24) is 0 Å². The molecule has 1 aliphatic rings. The number of hydrogen-bond donors (Lipinski definition) is 1. The van der Waals surface area contributed by atoms with Gasteiger partial charge in [-0.05, 0) is 37.0 Å². The topological polar surface area (TPSA) is 40.5 Å². The highest BCUT2D eigenvalue weighted by Crippen LogP contribution is 2.24. The highest BCUT2D eigenvalue weighted by molar-refractivity contribution is 5.89. The van der Waals surface area contributed by atoms with E-state index in [2.05, 4.69) is 11.8 Å². The molecule has 0 saturated carbocycles. The highest BCUT2D eigenvalue weighted by atomic mass is 19.1. The molecule has 1 heterocycles. The Morgan fingerprint density at radius 1 is 1.41 bits per heavy atom. The minimum Gasteiger partial charge on any atom is -0.478 e. The Morgan fingerprint density at radius 2 is 2.06 bits per heavy atom. The smallest absolute Gasteiger partial charge is 0.338 e. The van der Waals surface area contributed by atoms with Crippen LogP contribution in [0, 0.1) is 11.7 Å². The summed E-state index contributed by atoms with van der Waals surface area (Å²) in [7, 11) is 0. The van der Waals surface area contributed by atoms with Gasteiger partial charge in [-0.15, -0.1) is 0 Å². The van der Waals surface area contributed by atoms with Gasteiger partial charge in [0.25, 0.3) is 0 Å². The molecule has 0 unspecified atom stereocenters. The molecule has 4 heteroatoms. The van der Waals surface area contributed by atoms with Crippen LogP contribution in [-0.2, 0) is 0 Å². The van der Waals surface area contributed by atoms with E-state index in [1.54, 1.807) is 6.07 Å². The SMILES string of the molecule is CC1CCN(c2ccc(F)c(C(=O)O)c2)CC1. The first-order valence-corrected chi connectivity index (χ1v) is 5.85. The number of carboxylic acids is 1. The van der Waals surface area contributed by atoms with Crippen LogP contribution in [0.2, 0.25) is 0 Å². The number of anilines is 1. The van der Waals surface area contributed by atoms with Crippen LogP contribution < -0.4 is 4.90 Å². The van der Waals surface area contributed by atoms with Gasteiger partial charge in [-0.25, -0.2) is 9.18 Å². The lowest BCUT2D eigenvalue weighted by Crippen LogP contribution is -2.32. The molecule has 0 radical (unpaired) electrons. The molecular formula is C13H16FNO2. The average Bonchev–Trinajstić information content (AvgIpc) is 2.30. The Morgan fingerprint density at radius 3 is 2.65 bits per heavy atom. The summed E-state index contributed by atoms with van der Waals surface area (Å²) in [6, 6.07) is 4.31. The molecule has 0 amide bonds. The molecule has 1 aromatic rings. The van der Waals surface area contributed by atoms with Gasteiger partial charge in [-0.3, -0.25) is 0 Å². The molecule has 1 aromatic carbocycles. The van der Waals surface area contributed by atoms with Crippen LogP contribution in [0.3, 0.4) is 0 Å². The van der Waals surface area contributed by atoms with Gasteiger partial charge in [-0.1, -0.05) is 6.92 Å². The lowest BCUT2D eigenvalue weighted by Gasteiger charge is -2.32. The van der Waals surface area contributed by atoms with E-state index in [0.717, 1.165) is 31.6 Å².